The molecule has 0 fully saturated rings. The van der Waals surface area contributed by atoms with Crippen LogP contribution < -0.4 is 10.1 Å². The Morgan fingerprint density at radius 2 is 2.00 bits per heavy atom. The molecule has 142 valence electrons. The summed E-state index contributed by atoms with van der Waals surface area (Å²) in [4.78, 5) is 11.6. The highest BCUT2D eigenvalue weighted by Crippen LogP contribution is 2.22. The third kappa shape index (κ3) is 5.92. The van der Waals surface area contributed by atoms with Crippen molar-refractivity contribution in [2.24, 2.45) is 0 Å². The zero-order valence-corrected chi connectivity index (χ0v) is 16.1. The average molecular weight is 381 g/mol. The second-order valence-electron chi connectivity index (χ2n) is 6.13. The quantitative estimate of drug-likeness (QED) is 0.553. The maximum Gasteiger partial charge on any atom is 0.435 e. The molecule has 1 aromatic heterocycles. The van der Waals surface area contributed by atoms with Crippen molar-refractivity contribution in [3.05, 3.63) is 24.3 Å². The van der Waals surface area contributed by atoms with Gasteiger partial charge in [-0.25, -0.2) is 4.79 Å². The number of carbonyl (C=O) groups excluding carboxylic acids is 1. The summed E-state index contributed by atoms with van der Waals surface area (Å²) in [5, 5.41) is 10.3. The first-order valence-electron chi connectivity index (χ1n) is 8.18. The number of nitrogens with zero attached hydrogens (tertiary/aromatic N) is 2. The largest absolute Gasteiger partial charge is 0.608 e. The summed E-state index contributed by atoms with van der Waals surface area (Å²) in [6, 6.07) is 7.02. The van der Waals surface area contributed by atoms with Crippen molar-refractivity contribution >= 4 is 17.3 Å². The molecule has 0 aliphatic carbocycles. The number of carbonyl (C=O) groups is 1. The monoisotopic (exact) mass is 381 g/mol. The van der Waals surface area contributed by atoms with E-state index in [9.17, 15) is 9.35 Å². The number of hydrogen-bond donors (Lipinski definition) is 1. The lowest BCUT2D eigenvalue weighted by molar-refractivity contribution is 0.0357. The zero-order valence-electron chi connectivity index (χ0n) is 15.3. The summed E-state index contributed by atoms with van der Waals surface area (Å²) >= 11 is -1.31. The minimum absolute atomic E-state index is 0.0875. The maximum atomic E-state index is 11.6. The molecule has 9 heteroatoms. The normalized spacial score (nSPS) is 12.5. The second kappa shape index (κ2) is 8.91. The number of alkyl carbamates (subject to hydrolysis) is 1. The van der Waals surface area contributed by atoms with E-state index >= 15 is 0 Å². The minimum atomic E-state index is -1.31. The fourth-order valence-electron chi connectivity index (χ4n) is 1.82. The van der Waals surface area contributed by atoms with Crippen LogP contribution in [0, 0.1) is 0 Å². The van der Waals surface area contributed by atoms with Crippen molar-refractivity contribution in [1.82, 2.24) is 15.5 Å². The van der Waals surface area contributed by atoms with Crippen LogP contribution in [0.2, 0.25) is 0 Å². The smallest absolute Gasteiger partial charge is 0.435 e. The van der Waals surface area contributed by atoms with Crippen LogP contribution in [-0.2, 0) is 15.9 Å². The van der Waals surface area contributed by atoms with Crippen LogP contribution in [0.1, 0.15) is 27.2 Å². The fraction of sp³-hybridized carbons (Fsp3) is 0.471. The van der Waals surface area contributed by atoms with Crippen molar-refractivity contribution in [2.45, 2.75) is 38.0 Å². The predicted molar refractivity (Wildman–Crippen MR) is 96.4 cm³/mol. The van der Waals surface area contributed by atoms with Gasteiger partial charge >= 0.3 is 11.3 Å². The molecule has 0 bridgehead atoms. The Morgan fingerprint density at radius 3 is 2.58 bits per heavy atom. The van der Waals surface area contributed by atoms with E-state index in [2.05, 4.69) is 15.5 Å². The Kier molecular flexibility index (Phi) is 6.87. The molecule has 0 saturated carbocycles. The standard InChI is InChI=1S/C17H23N3O5S/c1-5-17(2,3)25-15(21)18-10-11-23-13-8-6-12(7-9-13)14-19-20-16(24-14)26(4)22/h6-9H,5,10-11H2,1-4H3,(H,18,21). The van der Waals surface area contributed by atoms with E-state index in [1.54, 1.807) is 24.3 Å². The van der Waals surface area contributed by atoms with E-state index in [1.807, 2.05) is 20.8 Å². The van der Waals surface area contributed by atoms with Crippen molar-refractivity contribution in [3.63, 3.8) is 0 Å². The number of rotatable bonds is 8. The van der Waals surface area contributed by atoms with Gasteiger partial charge in [0, 0.05) is 16.7 Å². The first kappa shape index (κ1) is 20.1. The number of hydrogen-bond acceptors (Lipinski definition) is 7. The Labute approximate surface area is 155 Å². The number of ether oxygens (including phenoxy) is 2. The molecule has 26 heavy (non-hydrogen) atoms. The number of benzene rings is 1. The lowest BCUT2D eigenvalue weighted by atomic mass is 10.1. The van der Waals surface area contributed by atoms with E-state index in [0.717, 1.165) is 6.42 Å². The van der Waals surface area contributed by atoms with Gasteiger partial charge in [-0.2, -0.15) is 0 Å². The zero-order chi connectivity index (χ0) is 19.2. The Morgan fingerprint density at radius 1 is 1.31 bits per heavy atom. The molecule has 0 saturated heterocycles. The molecule has 2 aromatic rings. The van der Waals surface area contributed by atoms with Crippen molar-refractivity contribution in [2.75, 3.05) is 19.4 Å². The maximum absolute atomic E-state index is 11.6. The van der Waals surface area contributed by atoms with Crippen LogP contribution in [0.3, 0.4) is 0 Å². The van der Waals surface area contributed by atoms with Crippen molar-refractivity contribution in [1.29, 1.82) is 0 Å². The summed E-state index contributed by atoms with van der Waals surface area (Å²) in [5.41, 5.74) is 0.213. The molecule has 1 aromatic carbocycles. The highest BCUT2D eigenvalue weighted by molar-refractivity contribution is 7.90. The van der Waals surface area contributed by atoms with E-state index in [0.29, 0.717) is 30.4 Å². The molecule has 0 aliphatic heterocycles. The molecule has 0 spiro atoms. The van der Waals surface area contributed by atoms with Gasteiger partial charge in [0.05, 0.1) is 6.54 Å². The van der Waals surface area contributed by atoms with Gasteiger partial charge in [0.1, 0.15) is 24.2 Å². The van der Waals surface area contributed by atoms with E-state index < -0.39 is 22.9 Å². The molecule has 1 heterocycles. The van der Waals surface area contributed by atoms with Crippen LogP contribution in [0.15, 0.2) is 33.9 Å². The lowest BCUT2D eigenvalue weighted by Gasteiger charge is -2.23. The van der Waals surface area contributed by atoms with Crippen LogP contribution in [0.25, 0.3) is 11.5 Å². The van der Waals surface area contributed by atoms with Crippen LogP contribution in [0.4, 0.5) is 4.79 Å². The minimum Gasteiger partial charge on any atom is -0.608 e. The van der Waals surface area contributed by atoms with E-state index in [1.165, 1.54) is 6.26 Å². The topological polar surface area (TPSA) is 110 Å². The molecule has 1 N–H and O–H groups in total. The molecule has 1 atom stereocenters. The van der Waals surface area contributed by atoms with Gasteiger partial charge in [-0.3, -0.25) is 0 Å². The summed E-state index contributed by atoms with van der Waals surface area (Å²) in [6.45, 7) is 6.30. The molecular formula is C17H23N3O5S. The predicted octanol–water partition coefficient (Wildman–Crippen LogP) is 2.77. The summed E-state index contributed by atoms with van der Waals surface area (Å²) in [5.74, 6) is 0.932. The van der Waals surface area contributed by atoms with Crippen molar-refractivity contribution < 1.29 is 23.2 Å². The molecule has 0 radical (unpaired) electrons. The molecule has 8 nitrogen and oxygen atoms in total. The third-order valence-corrected chi connectivity index (χ3v) is 4.27. The van der Waals surface area contributed by atoms with E-state index in [4.69, 9.17) is 13.9 Å². The fourth-order valence-corrected chi connectivity index (χ4v) is 2.17. The molecular weight excluding hydrogens is 358 g/mol. The van der Waals surface area contributed by atoms with E-state index in [-0.39, 0.29) is 5.22 Å². The SMILES string of the molecule is CCC(C)(C)OC(=O)NCCOc1ccc(-c2nnc([S+](C)[O-])o2)cc1. The number of nitrogens with one attached hydrogen (secondary N) is 1. The van der Waals surface area contributed by atoms with Crippen LogP contribution in [-0.4, -0.2) is 45.9 Å². The third-order valence-electron chi connectivity index (χ3n) is 3.61. The summed E-state index contributed by atoms with van der Waals surface area (Å²) in [7, 11) is 0. The molecule has 1 amide bonds. The summed E-state index contributed by atoms with van der Waals surface area (Å²) in [6.07, 6.45) is 1.75. The van der Waals surface area contributed by atoms with Gasteiger partial charge in [0.2, 0.25) is 0 Å². The second-order valence-corrected chi connectivity index (χ2v) is 7.39. The molecule has 0 aliphatic rings. The van der Waals surface area contributed by atoms with Gasteiger partial charge in [-0.05, 0) is 44.5 Å². The van der Waals surface area contributed by atoms with Crippen molar-refractivity contribution in [3.8, 4) is 17.2 Å². The number of amides is 1. The van der Waals surface area contributed by atoms with Gasteiger partial charge in [-0.15, -0.1) is 5.10 Å². The lowest BCUT2D eigenvalue weighted by Crippen LogP contribution is -2.36. The molecule has 1 unspecified atom stereocenters. The Balaban J connectivity index is 1.78. The van der Waals surface area contributed by atoms with Gasteiger partial charge in [-0.1, -0.05) is 12.0 Å². The van der Waals surface area contributed by atoms with Gasteiger partial charge in [0.25, 0.3) is 5.89 Å². The summed E-state index contributed by atoms with van der Waals surface area (Å²) < 4.78 is 27.4. The van der Waals surface area contributed by atoms with Crippen LogP contribution in [0.5, 0.6) is 5.75 Å². The Bertz CT molecular complexity index is 715. The number of aromatic nitrogens is 2. The average Bonchev–Trinajstić information content (AvgIpc) is 3.09. The van der Waals surface area contributed by atoms with Gasteiger partial charge < -0.3 is 23.8 Å². The first-order chi connectivity index (χ1) is 12.3. The van der Waals surface area contributed by atoms with Crippen LogP contribution >= 0.6 is 0 Å². The first-order valence-corrected chi connectivity index (χ1v) is 9.73. The molecule has 2 rings (SSSR count). The van der Waals surface area contributed by atoms with Gasteiger partial charge in [0.15, 0.2) is 0 Å². The highest BCUT2D eigenvalue weighted by atomic mass is 32.2. The highest BCUT2D eigenvalue weighted by Gasteiger charge is 2.20. The Hall–Kier alpha value is -2.26.